The quantitative estimate of drug-likeness (QED) is 0.718. The molecule has 2 aromatic heterocycles. The summed E-state index contributed by atoms with van der Waals surface area (Å²) in [4.78, 5) is 14.3. The molecule has 0 spiro atoms. The highest BCUT2D eigenvalue weighted by Crippen LogP contribution is 2.24. The van der Waals surface area contributed by atoms with Crippen molar-refractivity contribution in [1.82, 2.24) is 25.1 Å². The van der Waals surface area contributed by atoms with Gasteiger partial charge in [-0.15, -0.1) is 5.10 Å². The van der Waals surface area contributed by atoms with Crippen LogP contribution >= 0.6 is 0 Å². The summed E-state index contributed by atoms with van der Waals surface area (Å²) in [5, 5.41) is 12.1. The first-order valence-corrected chi connectivity index (χ1v) is 8.40. The third-order valence-corrected chi connectivity index (χ3v) is 4.62. The second kappa shape index (κ2) is 6.36. The Balaban J connectivity index is 1.36. The lowest BCUT2D eigenvalue weighted by Gasteiger charge is -2.39. The summed E-state index contributed by atoms with van der Waals surface area (Å²) in [5.74, 6) is 0.579. The van der Waals surface area contributed by atoms with Crippen LogP contribution in [0.3, 0.4) is 0 Å². The minimum atomic E-state index is -0.286. The lowest BCUT2D eigenvalue weighted by atomic mass is 9.94. The second-order valence-corrected chi connectivity index (χ2v) is 6.61. The van der Waals surface area contributed by atoms with E-state index in [9.17, 15) is 9.18 Å². The summed E-state index contributed by atoms with van der Waals surface area (Å²) >= 11 is 0. The van der Waals surface area contributed by atoms with Crippen LogP contribution < -0.4 is 0 Å². The monoisotopic (exact) mass is 355 g/mol. The van der Waals surface area contributed by atoms with E-state index in [1.54, 1.807) is 35.6 Å². The van der Waals surface area contributed by atoms with Crippen LogP contribution in [-0.4, -0.2) is 44.0 Å². The number of carbonyl (C=O) groups excluding carboxylic acids is 1. The number of amides is 1. The van der Waals surface area contributed by atoms with E-state index in [1.807, 2.05) is 6.20 Å². The molecule has 0 N–H and O–H groups in total. The molecule has 7 nitrogen and oxygen atoms in total. The van der Waals surface area contributed by atoms with Crippen molar-refractivity contribution in [2.75, 3.05) is 13.1 Å². The Bertz CT molecular complexity index is 921. The molecule has 0 saturated carbocycles. The van der Waals surface area contributed by atoms with Crippen molar-refractivity contribution in [2.45, 2.75) is 20.3 Å². The molecule has 8 heteroatoms. The number of benzene rings is 1. The highest BCUT2D eigenvalue weighted by atomic mass is 19.1. The number of hydrogen-bond acceptors (Lipinski definition) is 5. The van der Waals surface area contributed by atoms with Gasteiger partial charge in [0.15, 0.2) is 0 Å². The Morgan fingerprint density at radius 1 is 1.27 bits per heavy atom. The number of rotatable bonds is 4. The highest BCUT2D eigenvalue weighted by Gasteiger charge is 2.34. The molecule has 1 saturated heterocycles. The van der Waals surface area contributed by atoms with Gasteiger partial charge in [0.05, 0.1) is 23.3 Å². The van der Waals surface area contributed by atoms with Gasteiger partial charge in [-0.2, -0.15) is 0 Å². The number of likely N-dealkylation sites (tertiary alicyclic amines) is 1. The SMILES string of the molecule is Cc1noc(C)c1C(=O)N1CC(Cc2cn(-c3ccc(F)cc3)nn2)C1. The van der Waals surface area contributed by atoms with Gasteiger partial charge in [0.25, 0.3) is 5.91 Å². The molecule has 26 heavy (non-hydrogen) atoms. The van der Waals surface area contributed by atoms with Crippen molar-refractivity contribution in [1.29, 1.82) is 0 Å². The van der Waals surface area contributed by atoms with Crippen molar-refractivity contribution >= 4 is 5.91 Å². The molecule has 0 aliphatic carbocycles. The number of aryl methyl sites for hydroxylation is 2. The van der Waals surface area contributed by atoms with E-state index in [-0.39, 0.29) is 11.7 Å². The van der Waals surface area contributed by atoms with Crippen LogP contribution in [0, 0.1) is 25.6 Å². The standard InChI is InChI=1S/C18H18FN5O2/c1-11-17(12(2)26-21-11)18(25)23-8-13(9-23)7-15-10-24(22-20-15)16-5-3-14(19)4-6-16/h3-6,10,13H,7-9H2,1-2H3. The fourth-order valence-corrected chi connectivity index (χ4v) is 3.22. The largest absolute Gasteiger partial charge is 0.361 e. The molecular formula is C18H18FN5O2. The van der Waals surface area contributed by atoms with Crippen LogP contribution in [0.5, 0.6) is 0 Å². The molecule has 3 heterocycles. The minimum Gasteiger partial charge on any atom is -0.361 e. The summed E-state index contributed by atoms with van der Waals surface area (Å²) in [6, 6.07) is 6.09. The fourth-order valence-electron chi connectivity index (χ4n) is 3.22. The van der Waals surface area contributed by atoms with Gasteiger partial charge in [-0.1, -0.05) is 10.4 Å². The van der Waals surface area contributed by atoms with Gasteiger partial charge in [0, 0.05) is 13.1 Å². The Hall–Kier alpha value is -3.03. The Morgan fingerprint density at radius 3 is 2.65 bits per heavy atom. The number of halogens is 1. The molecule has 0 bridgehead atoms. The van der Waals surface area contributed by atoms with Gasteiger partial charge in [0.1, 0.15) is 17.1 Å². The van der Waals surface area contributed by atoms with E-state index in [4.69, 9.17) is 4.52 Å². The summed E-state index contributed by atoms with van der Waals surface area (Å²) in [5.41, 5.74) is 2.79. The van der Waals surface area contributed by atoms with Crippen LogP contribution in [0.25, 0.3) is 5.69 Å². The molecular weight excluding hydrogens is 337 g/mol. The van der Waals surface area contributed by atoms with Crippen molar-refractivity contribution in [3.63, 3.8) is 0 Å². The Morgan fingerprint density at radius 2 is 2.00 bits per heavy atom. The van der Waals surface area contributed by atoms with Crippen LogP contribution in [0.1, 0.15) is 27.5 Å². The first-order chi connectivity index (χ1) is 12.5. The zero-order chi connectivity index (χ0) is 18.3. The normalized spacial score (nSPS) is 14.5. The molecule has 0 atom stereocenters. The fraction of sp³-hybridized carbons (Fsp3) is 0.333. The lowest BCUT2D eigenvalue weighted by molar-refractivity contribution is 0.0497. The van der Waals surface area contributed by atoms with E-state index in [0.29, 0.717) is 36.0 Å². The first kappa shape index (κ1) is 16.4. The van der Waals surface area contributed by atoms with Crippen LogP contribution in [0.15, 0.2) is 35.0 Å². The van der Waals surface area contributed by atoms with E-state index in [2.05, 4.69) is 15.5 Å². The molecule has 4 rings (SSSR count). The van der Waals surface area contributed by atoms with Gasteiger partial charge in [-0.25, -0.2) is 9.07 Å². The van der Waals surface area contributed by atoms with Gasteiger partial charge < -0.3 is 9.42 Å². The van der Waals surface area contributed by atoms with Crippen molar-refractivity contribution < 1.29 is 13.7 Å². The molecule has 0 unspecified atom stereocenters. The van der Waals surface area contributed by atoms with Crippen LogP contribution in [-0.2, 0) is 6.42 Å². The molecule has 3 aromatic rings. The third kappa shape index (κ3) is 2.98. The lowest BCUT2D eigenvalue weighted by Crippen LogP contribution is -2.51. The summed E-state index contributed by atoms with van der Waals surface area (Å²) in [6.07, 6.45) is 2.58. The maximum Gasteiger partial charge on any atom is 0.259 e. The predicted octanol–water partition coefficient (Wildman–Crippen LogP) is 2.33. The van der Waals surface area contributed by atoms with E-state index in [0.717, 1.165) is 17.8 Å². The van der Waals surface area contributed by atoms with E-state index >= 15 is 0 Å². The minimum absolute atomic E-state index is 0.0348. The molecule has 1 aliphatic heterocycles. The number of aromatic nitrogens is 4. The molecule has 1 fully saturated rings. The Labute approximate surface area is 149 Å². The zero-order valence-electron chi connectivity index (χ0n) is 14.5. The predicted molar refractivity (Wildman–Crippen MR) is 90.4 cm³/mol. The molecule has 1 aliphatic rings. The van der Waals surface area contributed by atoms with Gasteiger partial charge in [0.2, 0.25) is 0 Å². The second-order valence-electron chi connectivity index (χ2n) is 6.61. The zero-order valence-corrected chi connectivity index (χ0v) is 14.5. The summed E-state index contributed by atoms with van der Waals surface area (Å²) in [7, 11) is 0. The third-order valence-electron chi connectivity index (χ3n) is 4.62. The average Bonchev–Trinajstić information content (AvgIpc) is 3.17. The molecule has 134 valence electrons. The van der Waals surface area contributed by atoms with Crippen molar-refractivity contribution in [3.8, 4) is 5.69 Å². The van der Waals surface area contributed by atoms with E-state index in [1.165, 1.54) is 12.1 Å². The van der Waals surface area contributed by atoms with Gasteiger partial charge >= 0.3 is 0 Å². The molecule has 0 radical (unpaired) electrons. The van der Waals surface area contributed by atoms with Crippen LogP contribution in [0.4, 0.5) is 4.39 Å². The van der Waals surface area contributed by atoms with Crippen molar-refractivity contribution in [3.05, 3.63) is 59.0 Å². The summed E-state index contributed by atoms with van der Waals surface area (Å²) < 4.78 is 19.7. The molecule has 1 amide bonds. The van der Waals surface area contributed by atoms with Gasteiger partial charge in [-0.05, 0) is 50.5 Å². The van der Waals surface area contributed by atoms with Crippen molar-refractivity contribution in [2.24, 2.45) is 5.92 Å². The Kier molecular flexibility index (Phi) is 4.02. The summed E-state index contributed by atoms with van der Waals surface area (Å²) in [6.45, 7) is 4.87. The average molecular weight is 355 g/mol. The highest BCUT2D eigenvalue weighted by molar-refractivity contribution is 5.96. The maximum absolute atomic E-state index is 13.0. The number of hydrogen-bond donors (Lipinski definition) is 0. The van der Waals surface area contributed by atoms with E-state index < -0.39 is 0 Å². The topological polar surface area (TPSA) is 77.0 Å². The smallest absolute Gasteiger partial charge is 0.259 e. The first-order valence-electron chi connectivity index (χ1n) is 8.40. The number of nitrogens with zero attached hydrogens (tertiary/aromatic N) is 5. The molecule has 1 aromatic carbocycles. The van der Waals surface area contributed by atoms with Gasteiger partial charge in [-0.3, -0.25) is 4.79 Å². The van der Waals surface area contributed by atoms with Crippen LogP contribution in [0.2, 0.25) is 0 Å². The maximum atomic E-state index is 13.0. The number of carbonyl (C=O) groups is 1.